The molecular weight excluding hydrogens is 400 g/mol. The Bertz CT molecular complexity index is 1200. The first kappa shape index (κ1) is 20.2. The van der Waals surface area contributed by atoms with E-state index in [0.717, 1.165) is 39.2 Å². The van der Waals surface area contributed by atoms with E-state index in [1.165, 1.54) is 0 Å². The van der Waals surface area contributed by atoms with E-state index in [1.807, 2.05) is 48.7 Å². The highest BCUT2D eigenvalue weighted by atomic mass is 35.5. The first-order chi connectivity index (χ1) is 14.3. The molecule has 7 heteroatoms. The lowest BCUT2D eigenvalue weighted by Gasteiger charge is -2.16. The van der Waals surface area contributed by atoms with Crippen molar-refractivity contribution in [1.82, 2.24) is 14.8 Å². The lowest BCUT2D eigenvalue weighted by Crippen LogP contribution is -2.26. The second kappa shape index (κ2) is 7.97. The lowest BCUT2D eigenvalue weighted by molar-refractivity contribution is 0.0577. The van der Waals surface area contributed by atoms with Crippen molar-refractivity contribution < 1.29 is 9.84 Å². The minimum absolute atomic E-state index is 0.409. The van der Waals surface area contributed by atoms with Crippen LogP contribution in [-0.4, -0.2) is 32.6 Å². The number of methoxy groups -OCH3 is 1. The monoisotopic (exact) mass is 422 g/mol. The molecule has 2 aromatic heterocycles. The van der Waals surface area contributed by atoms with Gasteiger partial charge in [-0.1, -0.05) is 11.6 Å². The Labute approximate surface area is 180 Å². The number of nitrogens with zero attached hydrogens (tertiary/aromatic N) is 3. The molecule has 2 heterocycles. The predicted octanol–water partition coefficient (Wildman–Crippen LogP) is 5.27. The van der Waals surface area contributed by atoms with Gasteiger partial charge in [0.25, 0.3) is 0 Å². The molecule has 0 radical (unpaired) electrons. The summed E-state index contributed by atoms with van der Waals surface area (Å²) < 4.78 is 7.24. The van der Waals surface area contributed by atoms with Crippen LogP contribution in [0.15, 0.2) is 61.1 Å². The zero-order valence-corrected chi connectivity index (χ0v) is 17.8. The highest BCUT2D eigenvalue weighted by Gasteiger charge is 2.15. The molecule has 0 atom stereocenters. The van der Waals surface area contributed by atoms with E-state index in [1.54, 1.807) is 38.0 Å². The number of rotatable bonds is 6. The van der Waals surface area contributed by atoms with E-state index in [2.05, 4.69) is 15.4 Å². The fraction of sp³-hybridized carbons (Fsp3) is 0.217. The zero-order valence-electron chi connectivity index (χ0n) is 17.1. The Morgan fingerprint density at radius 2 is 1.97 bits per heavy atom. The molecule has 0 aliphatic heterocycles. The van der Waals surface area contributed by atoms with Gasteiger partial charge in [0.15, 0.2) is 0 Å². The second-order valence-corrected chi connectivity index (χ2v) is 8.27. The maximum atomic E-state index is 10.0. The number of aliphatic hydroxyl groups is 1. The summed E-state index contributed by atoms with van der Waals surface area (Å²) in [6.07, 6.45) is 5.46. The van der Waals surface area contributed by atoms with Crippen LogP contribution in [-0.2, 0) is 6.54 Å². The van der Waals surface area contributed by atoms with Gasteiger partial charge in [0.05, 0.1) is 31.0 Å². The number of ether oxygens (including phenoxy) is 1. The number of aromatic nitrogens is 3. The van der Waals surface area contributed by atoms with Crippen molar-refractivity contribution in [2.75, 3.05) is 12.4 Å². The van der Waals surface area contributed by atoms with E-state index in [0.29, 0.717) is 11.6 Å². The van der Waals surface area contributed by atoms with E-state index < -0.39 is 5.60 Å². The van der Waals surface area contributed by atoms with Crippen LogP contribution in [0.1, 0.15) is 13.8 Å². The lowest BCUT2D eigenvalue weighted by atomic mass is 10.1. The fourth-order valence-corrected chi connectivity index (χ4v) is 3.51. The third-order valence-electron chi connectivity index (χ3n) is 4.64. The van der Waals surface area contributed by atoms with E-state index >= 15 is 0 Å². The molecule has 0 bridgehead atoms. The van der Waals surface area contributed by atoms with Crippen LogP contribution in [0.3, 0.4) is 0 Å². The number of nitrogens with one attached hydrogen (secondary N) is 1. The number of fused-ring (bicyclic) bond motifs is 1. The highest BCUT2D eigenvalue weighted by Crippen LogP contribution is 2.32. The van der Waals surface area contributed by atoms with Crippen LogP contribution in [0, 0.1) is 0 Å². The average Bonchev–Trinajstić information content (AvgIpc) is 3.15. The standard InChI is InChI=1S/C23H23ClN4O2/c1-23(2,29)14-28-13-16(12-26-28)15-8-18(11-19(9-15)30-3)27-22-6-7-25-21-5-4-17(24)10-20(21)22/h4-13,29H,14H2,1-3H3,(H,25,27). The minimum atomic E-state index is -0.839. The Morgan fingerprint density at radius 1 is 1.13 bits per heavy atom. The first-order valence-electron chi connectivity index (χ1n) is 9.56. The van der Waals surface area contributed by atoms with Gasteiger partial charge in [0.2, 0.25) is 0 Å². The molecule has 0 fully saturated rings. The Kier molecular flexibility index (Phi) is 5.37. The summed E-state index contributed by atoms with van der Waals surface area (Å²) in [6, 6.07) is 13.5. The number of pyridine rings is 1. The number of hydrogen-bond acceptors (Lipinski definition) is 5. The van der Waals surface area contributed by atoms with Gasteiger partial charge in [0, 0.05) is 45.8 Å². The van der Waals surface area contributed by atoms with Crippen molar-refractivity contribution in [3.05, 3.63) is 66.1 Å². The molecule has 6 nitrogen and oxygen atoms in total. The molecule has 0 aliphatic carbocycles. The molecule has 0 spiro atoms. The number of anilines is 2. The molecule has 0 saturated carbocycles. The van der Waals surface area contributed by atoms with Crippen molar-refractivity contribution in [2.24, 2.45) is 0 Å². The molecule has 30 heavy (non-hydrogen) atoms. The van der Waals surface area contributed by atoms with Crippen molar-refractivity contribution >= 4 is 33.9 Å². The normalized spacial score (nSPS) is 11.6. The van der Waals surface area contributed by atoms with Crippen LogP contribution >= 0.6 is 11.6 Å². The predicted molar refractivity (Wildman–Crippen MR) is 121 cm³/mol. The summed E-state index contributed by atoms with van der Waals surface area (Å²) in [7, 11) is 1.64. The van der Waals surface area contributed by atoms with Crippen LogP contribution in [0.5, 0.6) is 5.75 Å². The SMILES string of the molecule is COc1cc(Nc2ccnc3ccc(Cl)cc23)cc(-c2cnn(CC(C)(C)O)c2)c1. The summed E-state index contributed by atoms with van der Waals surface area (Å²) in [5.41, 5.74) is 3.68. The third kappa shape index (κ3) is 4.56. The Balaban J connectivity index is 1.70. The molecule has 154 valence electrons. The molecule has 2 N–H and O–H groups in total. The largest absolute Gasteiger partial charge is 0.497 e. The van der Waals surface area contributed by atoms with Crippen LogP contribution in [0.25, 0.3) is 22.0 Å². The maximum absolute atomic E-state index is 10.0. The number of halogens is 1. The number of benzene rings is 2. The van der Waals surface area contributed by atoms with Crippen molar-refractivity contribution in [2.45, 2.75) is 26.0 Å². The van der Waals surface area contributed by atoms with Gasteiger partial charge in [-0.15, -0.1) is 0 Å². The van der Waals surface area contributed by atoms with Crippen molar-refractivity contribution in [3.8, 4) is 16.9 Å². The molecule has 4 aromatic rings. The van der Waals surface area contributed by atoms with Gasteiger partial charge in [-0.3, -0.25) is 9.67 Å². The molecule has 4 rings (SSSR count). The summed E-state index contributed by atoms with van der Waals surface area (Å²) >= 11 is 6.19. The van der Waals surface area contributed by atoms with Crippen LogP contribution in [0.4, 0.5) is 11.4 Å². The molecule has 2 aromatic carbocycles. The van der Waals surface area contributed by atoms with Gasteiger partial charge < -0.3 is 15.2 Å². The molecule has 0 aliphatic rings. The van der Waals surface area contributed by atoms with Crippen LogP contribution in [0.2, 0.25) is 5.02 Å². The quantitative estimate of drug-likeness (QED) is 0.442. The smallest absolute Gasteiger partial charge is 0.121 e. The highest BCUT2D eigenvalue weighted by molar-refractivity contribution is 6.31. The summed E-state index contributed by atoms with van der Waals surface area (Å²) in [5.74, 6) is 0.724. The summed E-state index contributed by atoms with van der Waals surface area (Å²) in [6.45, 7) is 3.92. The summed E-state index contributed by atoms with van der Waals surface area (Å²) in [4.78, 5) is 4.40. The Hall–Kier alpha value is -3.09. The van der Waals surface area contributed by atoms with Crippen LogP contribution < -0.4 is 10.1 Å². The van der Waals surface area contributed by atoms with Crippen molar-refractivity contribution in [1.29, 1.82) is 0 Å². The van der Waals surface area contributed by atoms with E-state index in [9.17, 15) is 5.11 Å². The number of hydrogen-bond donors (Lipinski definition) is 2. The average molecular weight is 423 g/mol. The Morgan fingerprint density at radius 3 is 2.73 bits per heavy atom. The fourth-order valence-electron chi connectivity index (χ4n) is 3.33. The van der Waals surface area contributed by atoms with Gasteiger partial charge in [-0.05, 0) is 55.8 Å². The minimum Gasteiger partial charge on any atom is -0.497 e. The van der Waals surface area contributed by atoms with Crippen molar-refractivity contribution in [3.63, 3.8) is 0 Å². The van der Waals surface area contributed by atoms with Gasteiger partial charge >= 0.3 is 0 Å². The third-order valence-corrected chi connectivity index (χ3v) is 4.88. The topological polar surface area (TPSA) is 72.2 Å². The maximum Gasteiger partial charge on any atom is 0.121 e. The van der Waals surface area contributed by atoms with Gasteiger partial charge in [-0.2, -0.15) is 5.10 Å². The van der Waals surface area contributed by atoms with E-state index in [4.69, 9.17) is 16.3 Å². The zero-order chi connectivity index (χ0) is 21.3. The van der Waals surface area contributed by atoms with Gasteiger partial charge in [0.1, 0.15) is 5.75 Å². The first-order valence-corrected chi connectivity index (χ1v) is 9.94. The second-order valence-electron chi connectivity index (χ2n) is 7.83. The summed E-state index contributed by atoms with van der Waals surface area (Å²) in [5, 5.41) is 19.5. The molecule has 0 unspecified atom stereocenters. The van der Waals surface area contributed by atoms with Gasteiger partial charge in [-0.25, -0.2) is 0 Å². The molecule has 0 saturated heterocycles. The van der Waals surface area contributed by atoms with E-state index in [-0.39, 0.29) is 0 Å². The molecule has 0 amide bonds. The molecular formula is C23H23ClN4O2.